The second-order valence-corrected chi connectivity index (χ2v) is 11.1. The van der Waals surface area contributed by atoms with Crippen molar-refractivity contribution in [3.63, 3.8) is 0 Å². The number of nitrogens with one attached hydrogen (secondary N) is 1. The lowest BCUT2D eigenvalue weighted by atomic mass is 10.1. The first-order valence-electron chi connectivity index (χ1n) is 13.5. The van der Waals surface area contributed by atoms with E-state index < -0.39 is 6.17 Å². The highest BCUT2D eigenvalue weighted by Gasteiger charge is 2.54. The summed E-state index contributed by atoms with van der Waals surface area (Å²) in [6.07, 6.45) is 3.41. The number of piperazine rings is 1. The number of ether oxygens (including phenoxy) is 1. The van der Waals surface area contributed by atoms with Crippen molar-refractivity contribution < 1.29 is 13.9 Å². The van der Waals surface area contributed by atoms with Crippen LogP contribution in [0.5, 0.6) is 0 Å². The maximum absolute atomic E-state index is 13.9. The molecule has 4 heterocycles. The summed E-state index contributed by atoms with van der Waals surface area (Å²) in [6.45, 7) is 7.34. The number of aromatic nitrogens is 2. The molecular weight excluding hydrogens is 505 g/mol. The van der Waals surface area contributed by atoms with Gasteiger partial charge in [-0.3, -0.25) is 14.7 Å². The fraction of sp³-hybridized carbons (Fsp3) is 0.483. The molecule has 200 valence electrons. The predicted molar refractivity (Wildman–Crippen MR) is 147 cm³/mol. The van der Waals surface area contributed by atoms with Crippen LogP contribution in [0, 0.1) is 17.8 Å². The van der Waals surface area contributed by atoms with E-state index in [1.54, 1.807) is 12.4 Å². The number of hydrogen-bond acceptors (Lipinski definition) is 6. The van der Waals surface area contributed by atoms with Crippen molar-refractivity contribution in [1.82, 2.24) is 14.9 Å². The zero-order chi connectivity index (χ0) is 26.4. The van der Waals surface area contributed by atoms with Crippen LogP contribution in [0.4, 0.5) is 15.9 Å². The maximum Gasteiger partial charge on any atom is 0.229 e. The van der Waals surface area contributed by atoms with Crippen molar-refractivity contribution in [2.75, 3.05) is 43.0 Å². The SMILES string of the molecule is CC[C@H]1[C@@H](C(=O)Nc2cc3cc(N4CCN(C5OC[C@@H](F)[C@H]5C)CC4)c(Cl)cc3cn2)[C@@H]1c1ccccn1. The number of pyridine rings is 2. The number of carbonyl (C=O) groups is 1. The third-order valence-corrected chi connectivity index (χ3v) is 8.77. The van der Waals surface area contributed by atoms with E-state index in [-0.39, 0.29) is 36.5 Å². The molecule has 7 nitrogen and oxygen atoms in total. The van der Waals surface area contributed by atoms with Gasteiger partial charge in [0.2, 0.25) is 5.91 Å². The molecule has 2 aliphatic heterocycles. The lowest BCUT2D eigenvalue weighted by molar-refractivity contribution is -0.117. The number of fused-ring (bicyclic) bond motifs is 1. The highest BCUT2D eigenvalue weighted by molar-refractivity contribution is 6.34. The van der Waals surface area contributed by atoms with E-state index in [0.29, 0.717) is 16.8 Å². The monoisotopic (exact) mass is 537 g/mol. The lowest BCUT2D eigenvalue weighted by Crippen LogP contribution is -2.52. The molecular formula is C29H33ClFN5O2. The Labute approximate surface area is 227 Å². The van der Waals surface area contributed by atoms with Gasteiger partial charge in [-0.25, -0.2) is 9.37 Å². The van der Waals surface area contributed by atoms with Gasteiger partial charge >= 0.3 is 0 Å². The van der Waals surface area contributed by atoms with Crippen LogP contribution in [0.15, 0.2) is 48.8 Å². The number of rotatable bonds is 6. The molecule has 0 bridgehead atoms. The molecule has 1 amide bonds. The molecule has 6 atom stereocenters. The number of amides is 1. The van der Waals surface area contributed by atoms with E-state index in [1.165, 1.54) is 0 Å². The van der Waals surface area contributed by atoms with Gasteiger partial charge in [0.1, 0.15) is 18.2 Å². The average Bonchev–Trinajstić information content (AvgIpc) is 3.59. The zero-order valence-corrected chi connectivity index (χ0v) is 22.4. The summed E-state index contributed by atoms with van der Waals surface area (Å²) in [5.74, 6) is 0.763. The number of hydrogen-bond donors (Lipinski definition) is 1. The van der Waals surface area contributed by atoms with Gasteiger partial charge in [-0.15, -0.1) is 0 Å². The van der Waals surface area contributed by atoms with Crippen molar-refractivity contribution >= 4 is 39.8 Å². The first-order chi connectivity index (χ1) is 18.4. The molecule has 1 aliphatic carbocycles. The third kappa shape index (κ3) is 4.74. The van der Waals surface area contributed by atoms with Crippen LogP contribution in [0.3, 0.4) is 0 Å². The third-order valence-electron chi connectivity index (χ3n) is 8.47. The number of benzene rings is 1. The molecule has 1 saturated carbocycles. The van der Waals surface area contributed by atoms with Crippen LogP contribution < -0.4 is 10.2 Å². The fourth-order valence-electron chi connectivity index (χ4n) is 6.22. The van der Waals surface area contributed by atoms with E-state index >= 15 is 0 Å². The highest BCUT2D eigenvalue weighted by Crippen LogP contribution is 2.55. The number of anilines is 2. The molecule has 1 N–H and O–H groups in total. The smallest absolute Gasteiger partial charge is 0.229 e. The normalized spacial score (nSPS) is 29.5. The number of nitrogens with zero attached hydrogens (tertiary/aromatic N) is 4. The van der Waals surface area contributed by atoms with Crippen LogP contribution >= 0.6 is 11.6 Å². The molecule has 6 rings (SSSR count). The quantitative estimate of drug-likeness (QED) is 0.471. The van der Waals surface area contributed by atoms with Gasteiger partial charge in [-0.2, -0.15) is 0 Å². The van der Waals surface area contributed by atoms with Crippen molar-refractivity contribution in [3.05, 3.63) is 59.5 Å². The molecule has 0 radical (unpaired) electrons. The lowest BCUT2D eigenvalue weighted by Gasteiger charge is -2.40. The fourth-order valence-corrected chi connectivity index (χ4v) is 6.51. The van der Waals surface area contributed by atoms with E-state index in [9.17, 15) is 9.18 Å². The summed E-state index contributed by atoms with van der Waals surface area (Å²) in [7, 11) is 0. The van der Waals surface area contributed by atoms with Gasteiger partial charge < -0.3 is 15.0 Å². The summed E-state index contributed by atoms with van der Waals surface area (Å²) >= 11 is 6.69. The number of carbonyl (C=O) groups excluding carboxylic acids is 1. The minimum atomic E-state index is -0.898. The zero-order valence-electron chi connectivity index (χ0n) is 21.7. The Balaban J connectivity index is 1.15. The summed E-state index contributed by atoms with van der Waals surface area (Å²) in [5.41, 5.74) is 1.93. The van der Waals surface area contributed by atoms with Crippen molar-refractivity contribution in [2.24, 2.45) is 17.8 Å². The second kappa shape index (κ2) is 10.4. The van der Waals surface area contributed by atoms with Gasteiger partial charge in [-0.05, 0) is 41.6 Å². The standard InChI is InChI=1S/C29H33ClFN5O2/c1-3-20-26(23-6-4-5-7-32-23)27(20)28(37)34-25-14-18-13-24(21(30)12-19(18)15-33-25)35-8-10-36(11-9-35)29-17(2)22(31)16-38-29/h4-7,12-15,17,20,22,26-27,29H,3,8-11,16H2,1-2H3,(H,33,34,37)/t17-,20-,22-,26+,27-,29?/m1/s1. The molecule has 3 fully saturated rings. The van der Waals surface area contributed by atoms with Gasteiger partial charge in [0, 0.05) is 61.5 Å². The first-order valence-corrected chi connectivity index (χ1v) is 13.9. The Morgan fingerprint density at radius 1 is 1.16 bits per heavy atom. The summed E-state index contributed by atoms with van der Waals surface area (Å²) in [6, 6.07) is 11.8. The average molecular weight is 538 g/mol. The maximum atomic E-state index is 13.9. The van der Waals surface area contributed by atoms with Crippen LogP contribution in [-0.2, 0) is 9.53 Å². The van der Waals surface area contributed by atoms with Crippen molar-refractivity contribution in [1.29, 1.82) is 0 Å². The Morgan fingerprint density at radius 3 is 2.66 bits per heavy atom. The van der Waals surface area contributed by atoms with Gasteiger partial charge in [0.05, 0.1) is 23.2 Å². The number of halogens is 2. The Hall–Kier alpha value is -2.81. The summed E-state index contributed by atoms with van der Waals surface area (Å²) in [5, 5.41) is 5.60. The molecule has 2 saturated heterocycles. The van der Waals surface area contributed by atoms with E-state index in [4.69, 9.17) is 16.3 Å². The van der Waals surface area contributed by atoms with Gasteiger partial charge in [0.15, 0.2) is 0 Å². The van der Waals surface area contributed by atoms with Gasteiger partial charge in [0.25, 0.3) is 0 Å². The van der Waals surface area contributed by atoms with Crippen molar-refractivity contribution in [3.8, 4) is 0 Å². The highest BCUT2D eigenvalue weighted by atomic mass is 35.5. The topological polar surface area (TPSA) is 70.6 Å². The Bertz CT molecular complexity index is 1320. The predicted octanol–water partition coefficient (Wildman–Crippen LogP) is 5.11. The van der Waals surface area contributed by atoms with E-state index in [2.05, 4.69) is 38.1 Å². The first kappa shape index (κ1) is 25.5. The largest absolute Gasteiger partial charge is 0.368 e. The summed E-state index contributed by atoms with van der Waals surface area (Å²) in [4.78, 5) is 26.6. The van der Waals surface area contributed by atoms with Crippen LogP contribution in [-0.4, -0.2) is 66.0 Å². The molecule has 3 aliphatic rings. The molecule has 2 aromatic heterocycles. The minimum Gasteiger partial charge on any atom is -0.368 e. The van der Waals surface area contributed by atoms with Crippen LogP contribution in [0.25, 0.3) is 10.8 Å². The molecule has 3 aromatic rings. The van der Waals surface area contributed by atoms with Crippen molar-refractivity contribution in [2.45, 2.75) is 38.6 Å². The second-order valence-electron chi connectivity index (χ2n) is 10.7. The molecule has 1 aromatic carbocycles. The van der Waals surface area contributed by atoms with Gasteiger partial charge in [-0.1, -0.05) is 37.9 Å². The Morgan fingerprint density at radius 2 is 1.97 bits per heavy atom. The Kier molecular flexibility index (Phi) is 6.97. The molecule has 1 unspecified atom stereocenters. The molecule has 0 spiro atoms. The summed E-state index contributed by atoms with van der Waals surface area (Å²) < 4.78 is 19.7. The molecule has 38 heavy (non-hydrogen) atoms. The molecule has 9 heteroatoms. The van der Waals surface area contributed by atoms with E-state index in [0.717, 1.165) is 54.8 Å². The van der Waals surface area contributed by atoms with E-state index in [1.807, 2.05) is 37.3 Å². The van der Waals surface area contributed by atoms with Crippen LogP contribution in [0.2, 0.25) is 5.02 Å². The number of alkyl halides is 1. The minimum absolute atomic E-state index is 0.0106. The van der Waals surface area contributed by atoms with Crippen LogP contribution in [0.1, 0.15) is 31.9 Å².